The van der Waals surface area contributed by atoms with E-state index in [1.807, 2.05) is 13.8 Å². The third-order valence-electron chi connectivity index (χ3n) is 2.47. The summed E-state index contributed by atoms with van der Waals surface area (Å²) in [5.41, 5.74) is 6.34. The average Bonchev–Trinajstić information content (AvgIpc) is 2.10. The lowest BCUT2D eigenvalue weighted by Gasteiger charge is -2.18. The standard InChI is InChI=1S/C13H18F3NOS/c1-12(2,17)5-3-4-9-6-10(8-11(19)7-9)18-13(14,15)16/h6-8,19H,3-5,17H2,1-2H3. The van der Waals surface area contributed by atoms with E-state index in [1.54, 1.807) is 6.07 Å². The summed E-state index contributed by atoms with van der Waals surface area (Å²) in [5.74, 6) is -0.234. The van der Waals surface area contributed by atoms with Crippen LogP contribution in [0.25, 0.3) is 0 Å². The zero-order chi connectivity index (χ0) is 14.7. The summed E-state index contributed by atoms with van der Waals surface area (Å²) in [4.78, 5) is 0.448. The molecule has 0 saturated heterocycles. The summed E-state index contributed by atoms with van der Waals surface area (Å²) in [6.07, 6.45) is -2.45. The molecule has 0 fully saturated rings. The zero-order valence-electron chi connectivity index (χ0n) is 10.9. The van der Waals surface area contributed by atoms with E-state index in [9.17, 15) is 13.2 Å². The predicted octanol–water partition coefficient (Wildman–Crippen LogP) is 3.93. The van der Waals surface area contributed by atoms with Gasteiger partial charge in [0.1, 0.15) is 5.75 Å². The van der Waals surface area contributed by atoms with Gasteiger partial charge in [0.25, 0.3) is 0 Å². The molecule has 2 N–H and O–H groups in total. The Bertz CT molecular complexity index is 427. The molecule has 0 amide bonds. The Kier molecular flexibility index (Phi) is 5.15. The van der Waals surface area contributed by atoms with Crippen molar-refractivity contribution in [2.24, 2.45) is 5.73 Å². The minimum atomic E-state index is -4.68. The Balaban J connectivity index is 2.69. The van der Waals surface area contributed by atoms with Gasteiger partial charge in [-0.1, -0.05) is 0 Å². The molecule has 1 aromatic rings. The number of nitrogens with two attached hydrogens (primary N) is 1. The molecule has 0 unspecified atom stereocenters. The van der Waals surface area contributed by atoms with Gasteiger partial charge in [-0.3, -0.25) is 0 Å². The van der Waals surface area contributed by atoms with Gasteiger partial charge in [0, 0.05) is 10.4 Å². The number of thiol groups is 1. The summed E-state index contributed by atoms with van der Waals surface area (Å²) >= 11 is 4.08. The summed E-state index contributed by atoms with van der Waals surface area (Å²) in [6, 6.07) is 4.36. The number of rotatable bonds is 5. The summed E-state index contributed by atoms with van der Waals surface area (Å²) < 4.78 is 40.3. The third kappa shape index (κ3) is 7.32. The molecule has 0 bridgehead atoms. The van der Waals surface area contributed by atoms with E-state index >= 15 is 0 Å². The van der Waals surface area contributed by atoms with Crippen molar-refractivity contribution in [2.45, 2.75) is 49.9 Å². The zero-order valence-corrected chi connectivity index (χ0v) is 11.8. The molecular formula is C13H18F3NOS. The average molecular weight is 293 g/mol. The van der Waals surface area contributed by atoms with Crippen molar-refractivity contribution in [3.05, 3.63) is 23.8 Å². The van der Waals surface area contributed by atoms with Gasteiger partial charge in [-0.05, 0) is 56.9 Å². The SMILES string of the molecule is CC(C)(N)CCCc1cc(S)cc(OC(F)(F)F)c1. The van der Waals surface area contributed by atoms with Gasteiger partial charge in [-0.25, -0.2) is 0 Å². The Morgan fingerprint density at radius 2 is 1.84 bits per heavy atom. The van der Waals surface area contributed by atoms with E-state index in [4.69, 9.17) is 5.73 Å². The van der Waals surface area contributed by atoms with Crippen molar-refractivity contribution >= 4 is 12.6 Å². The lowest BCUT2D eigenvalue weighted by atomic mass is 9.97. The van der Waals surface area contributed by atoms with Gasteiger partial charge in [-0.2, -0.15) is 0 Å². The van der Waals surface area contributed by atoms with Crippen molar-refractivity contribution in [3.8, 4) is 5.75 Å². The Labute approximate surface area is 116 Å². The second kappa shape index (κ2) is 6.05. The van der Waals surface area contributed by atoms with Crippen molar-refractivity contribution in [1.82, 2.24) is 0 Å². The highest BCUT2D eigenvalue weighted by Crippen LogP contribution is 2.27. The van der Waals surface area contributed by atoms with E-state index in [2.05, 4.69) is 17.4 Å². The molecule has 1 aromatic carbocycles. The number of hydrogen-bond acceptors (Lipinski definition) is 3. The van der Waals surface area contributed by atoms with E-state index < -0.39 is 6.36 Å². The van der Waals surface area contributed by atoms with Crippen LogP contribution in [0.15, 0.2) is 23.1 Å². The quantitative estimate of drug-likeness (QED) is 0.807. The minimum Gasteiger partial charge on any atom is -0.406 e. The van der Waals surface area contributed by atoms with Crippen molar-refractivity contribution < 1.29 is 17.9 Å². The molecule has 0 aliphatic rings. The molecule has 1 rings (SSSR count). The number of benzene rings is 1. The van der Waals surface area contributed by atoms with E-state index in [0.29, 0.717) is 11.3 Å². The Morgan fingerprint density at radius 1 is 1.21 bits per heavy atom. The molecule has 0 spiro atoms. The molecule has 0 heterocycles. The molecule has 0 saturated carbocycles. The van der Waals surface area contributed by atoms with Crippen LogP contribution in [-0.2, 0) is 6.42 Å². The second-order valence-corrected chi connectivity index (χ2v) is 5.74. The smallest absolute Gasteiger partial charge is 0.406 e. The molecule has 0 aliphatic heterocycles. The second-order valence-electron chi connectivity index (χ2n) is 5.23. The predicted molar refractivity (Wildman–Crippen MR) is 71.6 cm³/mol. The lowest BCUT2D eigenvalue weighted by Crippen LogP contribution is -2.31. The van der Waals surface area contributed by atoms with Crippen molar-refractivity contribution in [1.29, 1.82) is 0 Å². The molecule has 2 nitrogen and oxygen atoms in total. The molecule has 0 atom stereocenters. The fourth-order valence-electron chi connectivity index (χ4n) is 1.73. The third-order valence-corrected chi connectivity index (χ3v) is 2.73. The van der Waals surface area contributed by atoms with Crippen LogP contribution in [0.2, 0.25) is 0 Å². The maximum atomic E-state index is 12.1. The Morgan fingerprint density at radius 3 is 2.37 bits per heavy atom. The molecule has 6 heteroatoms. The van der Waals surface area contributed by atoms with Gasteiger partial charge in [-0.15, -0.1) is 25.8 Å². The maximum absolute atomic E-state index is 12.1. The van der Waals surface area contributed by atoms with Crippen LogP contribution < -0.4 is 10.5 Å². The molecular weight excluding hydrogens is 275 g/mol. The normalized spacial score (nSPS) is 12.6. The van der Waals surface area contributed by atoms with Gasteiger partial charge < -0.3 is 10.5 Å². The first kappa shape index (κ1) is 16.2. The first-order valence-electron chi connectivity index (χ1n) is 5.93. The van der Waals surface area contributed by atoms with Gasteiger partial charge in [0.15, 0.2) is 0 Å². The molecule has 0 aromatic heterocycles. The number of aryl methyl sites for hydroxylation is 1. The summed E-state index contributed by atoms with van der Waals surface area (Å²) in [5, 5.41) is 0. The molecule has 108 valence electrons. The van der Waals surface area contributed by atoms with E-state index in [1.165, 1.54) is 12.1 Å². The number of alkyl halides is 3. The van der Waals surface area contributed by atoms with Crippen molar-refractivity contribution in [3.63, 3.8) is 0 Å². The minimum absolute atomic E-state index is 0.234. The number of ether oxygens (including phenoxy) is 1. The monoisotopic (exact) mass is 293 g/mol. The van der Waals surface area contributed by atoms with Gasteiger partial charge in [0.05, 0.1) is 0 Å². The largest absolute Gasteiger partial charge is 0.573 e. The van der Waals surface area contributed by atoms with E-state index in [0.717, 1.165) is 18.4 Å². The first-order valence-corrected chi connectivity index (χ1v) is 6.37. The fraction of sp³-hybridized carbons (Fsp3) is 0.538. The highest BCUT2D eigenvalue weighted by molar-refractivity contribution is 7.80. The lowest BCUT2D eigenvalue weighted by molar-refractivity contribution is -0.274. The topological polar surface area (TPSA) is 35.2 Å². The van der Waals surface area contributed by atoms with Gasteiger partial charge >= 0.3 is 6.36 Å². The summed E-state index contributed by atoms with van der Waals surface area (Å²) in [7, 11) is 0. The highest BCUT2D eigenvalue weighted by atomic mass is 32.1. The first-order chi connectivity index (χ1) is 8.55. The van der Waals surface area contributed by atoms with Crippen LogP contribution in [0.5, 0.6) is 5.75 Å². The van der Waals surface area contributed by atoms with Crippen LogP contribution in [0, 0.1) is 0 Å². The fourth-order valence-corrected chi connectivity index (χ4v) is 2.02. The Hall–Kier alpha value is -0.880. The number of halogens is 3. The van der Waals surface area contributed by atoms with Crippen LogP contribution in [0.4, 0.5) is 13.2 Å². The summed E-state index contributed by atoms with van der Waals surface area (Å²) in [6.45, 7) is 3.83. The van der Waals surface area contributed by atoms with Crippen LogP contribution in [-0.4, -0.2) is 11.9 Å². The number of hydrogen-bond donors (Lipinski definition) is 2. The van der Waals surface area contributed by atoms with E-state index in [-0.39, 0.29) is 11.3 Å². The van der Waals surface area contributed by atoms with Crippen molar-refractivity contribution in [2.75, 3.05) is 0 Å². The molecule has 0 radical (unpaired) electrons. The highest BCUT2D eigenvalue weighted by Gasteiger charge is 2.31. The maximum Gasteiger partial charge on any atom is 0.573 e. The van der Waals surface area contributed by atoms with Crippen LogP contribution >= 0.6 is 12.6 Å². The molecule has 0 aliphatic carbocycles. The molecule has 19 heavy (non-hydrogen) atoms. The van der Waals surface area contributed by atoms with Crippen LogP contribution in [0.1, 0.15) is 32.3 Å². The van der Waals surface area contributed by atoms with Gasteiger partial charge in [0.2, 0.25) is 0 Å². The van der Waals surface area contributed by atoms with Crippen LogP contribution in [0.3, 0.4) is 0 Å².